The molecule has 2 aromatic rings. The van der Waals surface area contributed by atoms with E-state index < -0.39 is 27.6 Å². The summed E-state index contributed by atoms with van der Waals surface area (Å²) in [4.78, 5) is 14.1. The van der Waals surface area contributed by atoms with Crippen LogP contribution < -0.4 is 9.64 Å². The number of hydrogen-bond donors (Lipinski definition) is 0. The quantitative estimate of drug-likeness (QED) is 0.154. The lowest BCUT2D eigenvalue weighted by Gasteiger charge is -2.29. The number of likely N-dealkylation sites (N-methyl/N-ethyl adjacent to an activating group) is 1. The van der Waals surface area contributed by atoms with Gasteiger partial charge in [-0.25, -0.2) is 17.6 Å². The van der Waals surface area contributed by atoms with Gasteiger partial charge >= 0.3 is 5.97 Å². The number of unbranched alkanes of at least 4 members (excludes halogenated alkanes) is 1. The highest BCUT2D eigenvalue weighted by Crippen LogP contribution is 2.44. The Balaban J connectivity index is 2.19. The van der Waals surface area contributed by atoms with E-state index >= 15 is 0 Å². The van der Waals surface area contributed by atoms with Crippen molar-refractivity contribution < 1.29 is 31.5 Å². The van der Waals surface area contributed by atoms with Gasteiger partial charge in [-0.15, -0.1) is 11.8 Å². The molecule has 0 unspecified atom stereocenters. The maximum Gasteiger partial charge on any atom is 0.370 e. The van der Waals surface area contributed by atoms with Crippen molar-refractivity contribution in [2.45, 2.75) is 55.9 Å². The molecule has 1 aliphatic heterocycles. The maximum absolute atomic E-state index is 14.2. The number of benzene rings is 2. The molecule has 0 saturated carbocycles. The second kappa shape index (κ2) is 12.7. The molecule has 11 heteroatoms. The van der Waals surface area contributed by atoms with Crippen molar-refractivity contribution in [3.05, 3.63) is 54.3 Å². The third-order valence-electron chi connectivity index (χ3n) is 5.97. The molecule has 1 heterocycles. The third-order valence-corrected chi connectivity index (χ3v) is 8.83. The van der Waals surface area contributed by atoms with E-state index in [1.54, 1.807) is 32.2 Å². The van der Waals surface area contributed by atoms with Crippen LogP contribution in [0.15, 0.2) is 58.3 Å². The SMILES string of the molecule is CCCC[C@H]1CN(c2ccc(F)cc2)c2cc(SCC)c(O/C=C(\F)C(=O)OCC)cc2S(=O)(=O)N1C. The molecule has 0 bridgehead atoms. The number of carbonyl (C=O) groups excluding carboxylic acids is 1. The second-order valence-electron chi connectivity index (χ2n) is 8.41. The van der Waals surface area contributed by atoms with Crippen molar-refractivity contribution in [3.63, 3.8) is 0 Å². The summed E-state index contributed by atoms with van der Waals surface area (Å²) >= 11 is 1.38. The van der Waals surface area contributed by atoms with Gasteiger partial charge in [-0.05, 0) is 49.4 Å². The minimum Gasteiger partial charge on any atom is -0.461 e. The van der Waals surface area contributed by atoms with Crippen LogP contribution in [-0.4, -0.2) is 50.7 Å². The average Bonchev–Trinajstić information content (AvgIpc) is 2.95. The van der Waals surface area contributed by atoms with Crippen LogP contribution in [0.2, 0.25) is 0 Å². The van der Waals surface area contributed by atoms with Crippen LogP contribution in [0.4, 0.5) is 20.2 Å². The number of ether oxygens (including phenoxy) is 2. The molecule has 3 rings (SSSR count). The number of carbonyl (C=O) groups is 1. The van der Waals surface area contributed by atoms with Crippen LogP contribution in [0.3, 0.4) is 0 Å². The Morgan fingerprint density at radius 2 is 1.89 bits per heavy atom. The first-order valence-electron chi connectivity index (χ1n) is 12.1. The van der Waals surface area contributed by atoms with Crippen molar-refractivity contribution >= 4 is 39.1 Å². The molecule has 0 fully saturated rings. The zero-order valence-corrected chi connectivity index (χ0v) is 23.0. The highest BCUT2D eigenvalue weighted by atomic mass is 32.2. The van der Waals surface area contributed by atoms with E-state index in [-0.39, 0.29) is 23.3 Å². The van der Waals surface area contributed by atoms with Crippen LogP contribution in [0.1, 0.15) is 40.0 Å². The van der Waals surface area contributed by atoms with Gasteiger partial charge in [0.1, 0.15) is 22.7 Å². The Morgan fingerprint density at radius 1 is 1.19 bits per heavy atom. The first kappa shape index (κ1) is 28.9. The van der Waals surface area contributed by atoms with Crippen molar-refractivity contribution in [2.24, 2.45) is 0 Å². The molecule has 0 radical (unpaired) electrons. The van der Waals surface area contributed by atoms with Crippen molar-refractivity contribution in [1.82, 2.24) is 4.31 Å². The zero-order valence-electron chi connectivity index (χ0n) is 21.4. The Morgan fingerprint density at radius 3 is 2.51 bits per heavy atom. The van der Waals surface area contributed by atoms with Crippen LogP contribution in [0.5, 0.6) is 5.75 Å². The number of esters is 1. The van der Waals surface area contributed by atoms with Gasteiger partial charge in [-0.2, -0.15) is 8.70 Å². The summed E-state index contributed by atoms with van der Waals surface area (Å²) in [6, 6.07) is 8.60. The van der Waals surface area contributed by atoms with Crippen molar-refractivity contribution in [2.75, 3.05) is 30.9 Å². The highest BCUT2D eigenvalue weighted by molar-refractivity contribution is 7.99. The smallest absolute Gasteiger partial charge is 0.370 e. The highest BCUT2D eigenvalue weighted by Gasteiger charge is 2.37. The molecule has 0 amide bonds. The summed E-state index contributed by atoms with van der Waals surface area (Å²) in [5.41, 5.74) is 1.06. The second-order valence-corrected chi connectivity index (χ2v) is 11.7. The molecule has 0 spiro atoms. The van der Waals surface area contributed by atoms with E-state index in [9.17, 15) is 22.0 Å². The van der Waals surface area contributed by atoms with Crippen molar-refractivity contribution in [1.29, 1.82) is 0 Å². The van der Waals surface area contributed by atoms with E-state index in [1.165, 1.54) is 34.3 Å². The number of fused-ring (bicyclic) bond motifs is 1. The number of rotatable bonds is 10. The summed E-state index contributed by atoms with van der Waals surface area (Å²) in [6.45, 7) is 5.87. The lowest BCUT2D eigenvalue weighted by molar-refractivity contribution is -0.140. The fraction of sp³-hybridized carbons (Fsp3) is 0.423. The molecule has 37 heavy (non-hydrogen) atoms. The molecule has 2 aromatic carbocycles. The number of sulfonamides is 1. The van der Waals surface area contributed by atoms with Gasteiger partial charge in [0.2, 0.25) is 15.9 Å². The van der Waals surface area contributed by atoms with Crippen LogP contribution in [-0.2, 0) is 19.6 Å². The van der Waals surface area contributed by atoms with E-state index in [1.807, 2.05) is 18.7 Å². The standard InChI is InChI=1S/C26H32F2N2O5S2/c1-5-8-9-20-16-30(19-12-10-18(27)11-13-19)22-14-24(36-7-3)23(15-25(22)37(32,33)29(20)4)35-17-21(28)26(31)34-6-2/h10-15,17,20H,5-9,16H2,1-4H3/b21-17-/t20-/m0/s1. The zero-order chi connectivity index (χ0) is 27.2. The van der Waals surface area contributed by atoms with Crippen LogP contribution in [0, 0.1) is 5.82 Å². The van der Waals surface area contributed by atoms with Gasteiger partial charge in [-0.1, -0.05) is 26.7 Å². The maximum atomic E-state index is 14.2. The molecule has 0 N–H and O–H groups in total. The minimum absolute atomic E-state index is 0.00112. The fourth-order valence-electron chi connectivity index (χ4n) is 4.03. The first-order valence-corrected chi connectivity index (χ1v) is 14.6. The van der Waals surface area contributed by atoms with Gasteiger partial charge in [0.25, 0.3) is 0 Å². The Bertz CT molecular complexity index is 1240. The topological polar surface area (TPSA) is 76.1 Å². The number of anilines is 2. The molecule has 0 aliphatic carbocycles. The summed E-state index contributed by atoms with van der Waals surface area (Å²) in [7, 11) is -2.44. The Labute approximate surface area is 221 Å². The lowest BCUT2D eigenvalue weighted by atomic mass is 10.1. The summed E-state index contributed by atoms with van der Waals surface area (Å²) < 4.78 is 67.0. The largest absolute Gasteiger partial charge is 0.461 e. The normalized spacial score (nSPS) is 17.7. The van der Waals surface area contributed by atoms with Gasteiger partial charge in [0.05, 0.1) is 17.2 Å². The summed E-state index contributed by atoms with van der Waals surface area (Å²) in [5, 5.41) is 0. The lowest BCUT2D eigenvalue weighted by Crippen LogP contribution is -2.40. The Kier molecular flexibility index (Phi) is 9.97. The summed E-state index contributed by atoms with van der Waals surface area (Å²) in [5.74, 6) is -2.09. The molecule has 0 aromatic heterocycles. The number of hydrogen-bond acceptors (Lipinski definition) is 7. The Hall–Kier alpha value is -2.63. The molecular formula is C26H32F2N2O5S2. The van der Waals surface area contributed by atoms with Crippen molar-refractivity contribution in [3.8, 4) is 5.75 Å². The monoisotopic (exact) mass is 554 g/mol. The number of thioether (sulfide) groups is 1. The third kappa shape index (κ3) is 6.63. The molecule has 7 nitrogen and oxygen atoms in total. The van der Waals surface area contributed by atoms with Gasteiger partial charge < -0.3 is 14.4 Å². The number of nitrogens with zero attached hydrogens (tertiary/aromatic N) is 2. The predicted octanol–water partition coefficient (Wildman–Crippen LogP) is 6.02. The van der Waals surface area contributed by atoms with E-state index in [0.29, 0.717) is 41.3 Å². The van der Waals surface area contributed by atoms with E-state index in [4.69, 9.17) is 4.74 Å². The molecule has 1 atom stereocenters. The van der Waals surface area contributed by atoms with E-state index in [0.717, 1.165) is 12.8 Å². The first-order chi connectivity index (χ1) is 17.6. The fourth-order valence-corrected chi connectivity index (χ4v) is 6.35. The molecule has 0 saturated heterocycles. The van der Waals surface area contributed by atoms with Gasteiger partial charge in [-0.3, -0.25) is 0 Å². The number of halogens is 2. The molecule has 1 aliphatic rings. The van der Waals surface area contributed by atoms with E-state index in [2.05, 4.69) is 4.74 Å². The van der Waals surface area contributed by atoms with Crippen LogP contribution in [0.25, 0.3) is 0 Å². The van der Waals surface area contributed by atoms with Gasteiger partial charge in [0, 0.05) is 31.4 Å². The average molecular weight is 555 g/mol. The predicted molar refractivity (Wildman–Crippen MR) is 141 cm³/mol. The molecular weight excluding hydrogens is 522 g/mol. The summed E-state index contributed by atoms with van der Waals surface area (Å²) in [6.07, 6.45) is 3.00. The van der Waals surface area contributed by atoms with Crippen LogP contribution >= 0.6 is 11.8 Å². The minimum atomic E-state index is -3.98. The molecule has 202 valence electrons. The van der Waals surface area contributed by atoms with Gasteiger partial charge in [0.15, 0.2) is 0 Å².